The van der Waals surface area contributed by atoms with E-state index in [2.05, 4.69) is 48.5 Å². The van der Waals surface area contributed by atoms with E-state index < -0.39 is 0 Å². The fourth-order valence-electron chi connectivity index (χ4n) is 2.82. The zero-order chi connectivity index (χ0) is 13.7. The molecule has 2 nitrogen and oxygen atoms in total. The first-order valence-corrected chi connectivity index (χ1v) is 7.16. The molecular weight excluding hydrogens is 248 g/mol. The Hall–Kier alpha value is -1.64. The van der Waals surface area contributed by atoms with E-state index in [1.165, 1.54) is 11.1 Å². The van der Waals surface area contributed by atoms with E-state index in [4.69, 9.17) is 9.47 Å². The predicted octanol–water partition coefficient (Wildman–Crippen LogP) is 3.26. The minimum Gasteiger partial charge on any atom is -0.376 e. The fourth-order valence-corrected chi connectivity index (χ4v) is 2.82. The van der Waals surface area contributed by atoms with Crippen LogP contribution in [0, 0.1) is 0 Å². The van der Waals surface area contributed by atoms with Gasteiger partial charge in [-0.2, -0.15) is 0 Å². The molecule has 104 valence electrons. The zero-order valence-electron chi connectivity index (χ0n) is 11.6. The van der Waals surface area contributed by atoms with Gasteiger partial charge in [-0.05, 0) is 11.1 Å². The van der Waals surface area contributed by atoms with E-state index in [9.17, 15) is 0 Å². The predicted molar refractivity (Wildman–Crippen MR) is 79.8 cm³/mol. The summed E-state index contributed by atoms with van der Waals surface area (Å²) in [4.78, 5) is 0. The lowest BCUT2D eigenvalue weighted by Crippen LogP contribution is -2.47. The molecule has 0 aliphatic carbocycles. The van der Waals surface area contributed by atoms with Crippen molar-refractivity contribution in [2.24, 2.45) is 0 Å². The molecule has 0 saturated carbocycles. The van der Waals surface area contributed by atoms with Gasteiger partial charge in [0.15, 0.2) is 0 Å². The number of ether oxygens (including phenoxy) is 2. The molecule has 0 atom stereocenters. The fraction of sp³-hybridized carbons (Fsp3) is 0.333. The van der Waals surface area contributed by atoms with Crippen LogP contribution in [0.3, 0.4) is 0 Å². The standard InChI is InChI=1S/C18H20O2/c1-3-7-16(8-4-1)13-18(15-19-11-12-20-18)14-17-9-5-2-6-10-17/h1-10H,11-15H2. The topological polar surface area (TPSA) is 18.5 Å². The van der Waals surface area contributed by atoms with Crippen molar-refractivity contribution in [1.82, 2.24) is 0 Å². The number of hydrogen-bond donors (Lipinski definition) is 0. The van der Waals surface area contributed by atoms with Crippen LogP contribution in [-0.2, 0) is 22.3 Å². The molecule has 0 spiro atoms. The third kappa shape index (κ3) is 3.27. The number of benzene rings is 2. The molecule has 3 rings (SSSR count). The molecule has 0 N–H and O–H groups in total. The zero-order valence-corrected chi connectivity index (χ0v) is 11.6. The summed E-state index contributed by atoms with van der Waals surface area (Å²) in [5.41, 5.74) is 2.36. The molecule has 2 aromatic rings. The second kappa shape index (κ2) is 6.21. The summed E-state index contributed by atoms with van der Waals surface area (Å²) in [6, 6.07) is 21.0. The van der Waals surface area contributed by atoms with Crippen LogP contribution < -0.4 is 0 Å². The van der Waals surface area contributed by atoms with E-state index in [1.54, 1.807) is 0 Å². The minimum atomic E-state index is -0.235. The Morgan fingerprint density at radius 3 is 1.75 bits per heavy atom. The smallest absolute Gasteiger partial charge is 0.0996 e. The highest BCUT2D eigenvalue weighted by molar-refractivity contribution is 5.22. The van der Waals surface area contributed by atoms with Crippen molar-refractivity contribution in [3.8, 4) is 0 Å². The van der Waals surface area contributed by atoms with Gasteiger partial charge < -0.3 is 9.47 Å². The quantitative estimate of drug-likeness (QED) is 0.847. The van der Waals surface area contributed by atoms with E-state index in [0.717, 1.165) is 12.8 Å². The maximum Gasteiger partial charge on any atom is 0.0996 e. The second-order valence-corrected chi connectivity index (χ2v) is 5.41. The van der Waals surface area contributed by atoms with Gasteiger partial charge in [0.25, 0.3) is 0 Å². The summed E-state index contributed by atoms with van der Waals surface area (Å²) < 4.78 is 11.9. The van der Waals surface area contributed by atoms with E-state index in [0.29, 0.717) is 19.8 Å². The van der Waals surface area contributed by atoms with Gasteiger partial charge in [-0.25, -0.2) is 0 Å². The average molecular weight is 268 g/mol. The van der Waals surface area contributed by atoms with Crippen LogP contribution in [0.2, 0.25) is 0 Å². The van der Waals surface area contributed by atoms with Gasteiger partial charge >= 0.3 is 0 Å². The molecule has 1 aliphatic heterocycles. The minimum absolute atomic E-state index is 0.235. The maximum absolute atomic E-state index is 6.15. The Kier molecular flexibility index (Phi) is 4.14. The number of rotatable bonds is 4. The van der Waals surface area contributed by atoms with Gasteiger partial charge in [-0.3, -0.25) is 0 Å². The summed E-state index contributed by atoms with van der Waals surface area (Å²) in [6.45, 7) is 2.04. The van der Waals surface area contributed by atoms with Gasteiger partial charge in [0.05, 0.1) is 25.4 Å². The summed E-state index contributed by atoms with van der Waals surface area (Å²) in [7, 11) is 0. The van der Waals surface area contributed by atoms with Crippen molar-refractivity contribution in [1.29, 1.82) is 0 Å². The summed E-state index contributed by atoms with van der Waals surface area (Å²) in [5, 5.41) is 0. The lowest BCUT2D eigenvalue weighted by atomic mass is 9.88. The summed E-state index contributed by atoms with van der Waals surface area (Å²) >= 11 is 0. The highest BCUT2D eigenvalue weighted by atomic mass is 16.6. The first kappa shape index (κ1) is 13.3. The van der Waals surface area contributed by atoms with E-state index >= 15 is 0 Å². The van der Waals surface area contributed by atoms with Gasteiger partial charge in [0, 0.05) is 12.8 Å². The second-order valence-electron chi connectivity index (χ2n) is 5.41. The van der Waals surface area contributed by atoms with Crippen molar-refractivity contribution in [3.05, 3.63) is 71.8 Å². The SMILES string of the molecule is c1ccc(CC2(Cc3ccccc3)COCCO2)cc1. The van der Waals surface area contributed by atoms with Crippen LogP contribution >= 0.6 is 0 Å². The average Bonchev–Trinajstić information content (AvgIpc) is 2.50. The first-order chi connectivity index (χ1) is 9.86. The van der Waals surface area contributed by atoms with Crippen LogP contribution in [0.1, 0.15) is 11.1 Å². The van der Waals surface area contributed by atoms with Gasteiger partial charge in [0.1, 0.15) is 0 Å². The van der Waals surface area contributed by atoms with Crippen LogP contribution in [0.15, 0.2) is 60.7 Å². The lowest BCUT2D eigenvalue weighted by Gasteiger charge is -2.37. The highest BCUT2D eigenvalue weighted by Gasteiger charge is 2.34. The van der Waals surface area contributed by atoms with Crippen molar-refractivity contribution in [2.75, 3.05) is 19.8 Å². The largest absolute Gasteiger partial charge is 0.376 e. The van der Waals surface area contributed by atoms with E-state index in [1.807, 2.05) is 12.1 Å². The Labute approximate surface area is 120 Å². The molecular formula is C18H20O2. The molecule has 1 fully saturated rings. The Bertz CT molecular complexity index is 472. The third-order valence-electron chi connectivity index (χ3n) is 3.74. The lowest BCUT2D eigenvalue weighted by molar-refractivity contribution is -0.156. The Morgan fingerprint density at radius 1 is 0.750 bits per heavy atom. The van der Waals surface area contributed by atoms with E-state index in [-0.39, 0.29) is 5.60 Å². The monoisotopic (exact) mass is 268 g/mol. The molecule has 0 unspecified atom stereocenters. The molecule has 1 saturated heterocycles. The third-order valence-corrected chi connectivity index (χ3v) is 3.74. The van der Waals surface area contributed by atoms with Crippen LogP contribution in [-0.4, -0.2) is 25.4 Å². The maximum atomic E-state index is 6.15. The molecule has 20 heavy (non-hydrogen) atoms. The summed E-state index contributed by atoms with van der Waals surface area (Å²) in [5.74, 6) is 0. The molecule has 2 heteroatoms. The normalized spacial score (nSPS) is 17.8. The van der Waals surface area contributed by atoms with Crippen LogP contribution in [0.5, 0.6) is 0 Å². The van der Waals surface area contributed by atoms with Gasteiger partial charge in [-0.1, -0.05) is 60.7 Å². The molecule has 0 amide bonds. The molecule has 2 aromatic carbocycles. The van der Waals surface area contributed by atoms with Gasteiger partial charge in [-0.15, -0.1) is 0 Å². The van der Waals surface area contributed by atoms with Crippen molar-refractivity contribution in [2.45, 2.75) is 18.4 Å². The van der Waals surface area contributed by atoms with Crippen molar-refractivity contribution >= 4 is 0 Å². The molecule has 0 bridgehead atoms. The number of hydrogen-bond acceptors (Lipinski definition) is 2. The Morgan fingerprint density at radius 2 is 1.30 bits per heavy atom. The molecule has 1 heterocycles. The van der Waals surface area contributed by atoms with Crippen molar-refractivity contribution in [3.63, 3.8) is 0 Å². The van der Waals surface area contributed by atoms with Crippen molar-refractivity contribution < 1.29 is 9.47 Å². The van der Waals surface area contributed by atoms with Crippen LogP contribution in [0.25, 0.3) is 0 Å². The summed E-state index contributed by atoms with van der Waals surface area (Å²) in [6.07, 6.45) is 1.78. The highest BCUT2D eigenvalue weighted by Crippen LogP contribution is 2.26. The Balaban J connectivity index is 1.81. The molecule has 1 aliphatic rings. The molecule has 0 radical (unpaired) electrons. The van der Waals surface area contributed by atoms with Crippen LogP contribution in [0.4, 0.5) is 0 Å². The van der Waals surface area contributed by atoms with Gasteiger partial charge in [0.2, 0.25) is 0 Å². The first-order valence-electron chi connectivity index (χ1n) is 7.16. The molecule has 0 aromatic heterocycles.